The Kier molecular flexibility index (Phi) is 8.87. The van der Waals surface area contributed by atoms with Gasteiger partial charge in [0.25, 0.3) is 5.91 Å². The predicted molar refractivity (Wildman–Crippen MR) is 153 cm³/mol. The molecule has 46 heavy (non-hydrogen) atoms. The highest BCUT2D eigenvalue weighted by Gasteiger charge is 2.51. The van der Waals surface area contributed by atoms with E-state index in [0.29, 0.717) is 0 Å². The van der Waals surface area contributed by atoms with E-state index in [2.05, 4.69) is 42.0 Å². The summed E-state index contributed by atoms with van der Waals surface area (Å²) in [5.74, 6) is -0.735. The summed E-state index contributed by atoms with van der Waals surface area (Å²) in [7, 11) is -5.04. The summed E-state index contributed by atoms with van der Waals surface area (Å²) in [6, 6.07) is 4.28. The Balaban J connectivity index is 1.19. The summed E-state index contributed by atoms with van der Waals surface area (Å²) in [6.07, 6.45) is -8.74. The molecule has 1 aromatic carbocycles. The van der Waals surface area contributed by atoms with Gasteiger partial charge >= 0.3 is 14.6 Å². The number of fused-ring (bicyclic) bond motifs is 2. The molecular weight excluding hydrogens is 682 g/mol. The number of nitrogens with zero attached hydrogens (tertiary/aromatic N) is 7. The van der Waals surface area contributed by atoms with Crippen LogP contribution in [0.5, 0.6) is 0 Å². The first kappa shape index (κ1) is 32.8. The highest BCUT2D eigenvalue weighted by molar-refractivity contribution is 8.44. The molecule has 6 rings (SSSR count). The number of hydrogen-bond donors (Lipinski definition) is 5. The Morgan fingerprint density at radius 3 is 2.63 bits per heavy atom. The van der Waals surface area contributed by atoms with Crippen LogP contribution in [-0.4, -0.2) is 94.1 Å². The Bertz CT molecular complexity index is 1880. The van der Waals surface area contributed by atoms with Crippen molar-refractivity contribution in [2.45, 2.75) is 49.5 Å². The zero-order valence-electron chi connectivity index (χ0n) is 23.1. The molecule has 1 amide bonds. The Morgan fingerprint density at radius 1 is 1.11 bits per heavy atom. The van der Waals surface area contributed by atoms with Crippen molar-refractivity contribution in [2.24, 2.45) is 5.73 Å². The number of anilines is 1. The van der Waals surface area contributed by atoms with Gasteiger partial charge in [-0.05, 0) is 12.1 Å². The number of benzene rings is 1. The van der Waals surface area contributed by atoms with E-state index in [1.54, 1.807) is 0 Å². The van der Waals surface area contributed by atoms with Crippen LogP contribution in [0.1, 0.15) is 29.2 Å². The number of imidazole rings is 1. The van der Waals surface area contributed by atoms with Gasteiger partial charge in [-0.25, -0.2) is 37.5 Å². The third-order valence-corrected chi connectivity index (χ3v) is 9.25. The lowest BCUT2D eigenvalue weighted by molar-refractivity contribution is -0.0547. The number of aromatic nitrogens is 7. The first-order valence-electron chi connectivity index (χ1n) is 13.2. The van der Waals surface area contributed by atoms with Gasteiger partial charge in [0.1, 0.15) is 35.7 Å². The number of primary amides is 1. The molecule has 0 saturated carbocycles. The van der Waals surface area contributed by atoms with Gasteiger partial charge in [-0.3, -0.25) is 22.9 Å². The summed E-state index contributed by atoms with van der Waals surface area (Å²) in [5.41, 5.74) is 11.8. The fourth-order valence-electron chi connectivity index (χ4n) is 5.13. The van der Waals surface area contributed by atoms with Gasteiger partial charge in [0.2, 0.25) is 0 Å². The maximum absolute atomic E-state index is 15.7. The van der Waals surface area contributed by atoms with Gasteiger partial charge in [0.05, 0.1) is 36.7 Å². The lowest BCUT2D eigenvalue weighted by Gasteiger charge is -2.24. The van der Waals surface area contributed by atoms with E-state index in [4.69, 9.17) is 39.8 Å². The number of carbonyl (C=O) groups excluding carboxylic acids is 1. The number of phosphoric ester groups is 1. The topological polar surface area (TPSA) is 264 Å². The highest BCUT2D eigenvalue weighted by atomic mass is 32.7. The van der Waals surface area contributed by atoms with Crippen molar-refractivity contribution < 1.29 is 55.5 Å². The van der Waals surface area contributed by atoms with Crippen molar-refractivity contribution in [3.63, 3.8) is 0 Å². The van der Waals surface area contributed by atoms with E-state index in [0.717, 1.165) is 4.68 Å². The number of hydrogen-bond acceptors (Lipinski definition) is 14. The van der Waals surface area contributed by atoms with E-state index in [9.17, 15) is 13.9 Å². The summed E-state index contributed by atoms with van der Waals surface area (Å²) in [4.78, 5) is 42.1. The van der Waals surface area contributed by atoms with Crippen LogP contribution in [0.3, 0.4) is 0 Å². The van der Waals surface area contributed by atoms with Crippen LogP contribution in [0.25, 0.3) is 22.2 Å². The maximum Gasteiger partial charge on any atom is 0.469 e. The number of phosphoric acid groups is 1. The van der Waals surface area contributed by atoms with Gasteiger partial charge in [0, 0.05) is 6.42 Å². The number of alkyl halides is 2. The Labute approximate surface area is 261 Å². The molecule has 2 saturated heterocycles. The largest absolute Gasteiger partial charge is 0.469 e. The van der Waals surface area contributed by atoms with Crippen LogP contribution in [0.2, 0.25) is 0 Å². The number of rotatable bonds is 11. The molecule has 4 aromatic rings. The fourth-order valence-corrected chi connectivity index (χ4v) is 6.94. The maximum atomic E-state index is 15.7. The van der Waals surface area contributed by atoms with Crippen LogP contribution in [0, 0.1) is 0 Å². The van der Waals surface area contributed by atoms with Gasteiger partial charge in [-0.2, -0.15) is 0 Å². The lowest BCUT2D eigenvalue weighted by Crippen LogP contribution is -2.32. The standard InChI is InChI=1S/C22H25F2N9O10P2S/c23-11-4-9(41-21(11)32-8-29-16-18(25)27-7-28-20(16)32)5-40-45(38,46)43-17-14(24)13(6-39-44(35,36)37)42-22(17)33-12-3-1-2-10(19(26)34)15(12)30-31-33/h1-3,7-9,11,13-14,17,21-22H,4-6H2,(H2,26,34)(H,38,46)(H2,25,27,28)(H2,35,36,37)/t9-,11+,13+,14+,17+,21+,22+,45?/m0/s1. The van der Waals surface area contributed by atoms with Crippen molar-refractivity contribution in [3.05, 3.63) is 36.4 Å². The molecule has 2 aliphatic heterocycles. The summed E-state index contributed by atoms with van der Waals surface area (Å²) < 4.78 is 84.3. The SMILES string of the molecule is NC(=O)c1cccc2c1nnn2[C@@H]1O[C@H](COP(=O)(O)O)[C@@H](F)[C@H]1OP(=O)(S)OC[C@@H]1C[C@@H](F)[C@H](n2cnc3c(N)ncnc32)O1. The van der Waals surface area contributed by atoms with Crippen LogP contribution in [0.15, 0.2) is 30.9 Å². The first-order chi connectivity index (χ1) is 21.7. The Morgan fingerprint density at radius 2 is 1.89 bits per heavy atom. The number of thiol groups is 1. The number of nitrogens with two attached hydrogens (primary N) is 2. The number of nitrogen functional groups attached to an aromatic ring is 1. The van der Waals surface area contributed by atoms with E-state index in [1.807, 2.05) is 0 Å². The van der Waals surface area contributed by atoms with E-state index in [-0.39, 0.29) is 40.0 Å². The number of halogens is 2. The second-order valence-electron chi connectivity index (χ2n) is 10.2. The molecule has 2 aliphatic rings. The van der Waals surface area contributed by atoms with E-state index >= 15 is 8.78 Å². The molecule has 1 unspecified atom stereocenters. The third kappa shape index (κ3) is 6.50. The monoisotopic (exact) mass is 707 g/mol. The molecule has 2 fully saturated rings. The van der Waals surface area contributed by atoms with Crippen LogP contribution in [0.4, 0.5) is 14.6 Å². The zero-order valence-corrected chi connectivity index (χ0v) is 25.8. The minimum atomic E-state index is -5.04. The predicted octanol–water partition coefficient (Wildman–Crippen LogP) is 1.36. The van der Waals surface area contributed by atoms with Gasteiger partial charge in [-0.1, -0.05) is 23.5 Å². The van der Waals surface area contributed by atoms with Crippen molar-refractivity contribution in [2.75, 3.05) is 18.9 Å². The molecule has 8 atom stereocenters. The van der Waals surface area contributed by atoms with Crippen molar-refractivity contribution in [3.8, 4) is 0 Å². The van der Waals surface area contributed by atoms with Crippen molar-refractivity contribution >= 4 is 60.8 Å². The minimum Gasteiger partial charge on any atom is -0.382 e. The average Bonchev–Trinajstić information content (AvgIpc) is 3.76. The van der Waals surface area contributed by atoms with E-state index in [1.165, 1.54) is 35.4 Å². The Hall–Kier alpha value is -3.17. The number of carbonyl (C=O) groups is 1. The number of ether oxygens (including phenoxy) is 2. The summed E-state index contributed by atoms with van der Waals surface area (Å²) >= 11 is 3.95. The molecule has 6 N–H and O–H groups in total. The van der Waals surface area contributed by atoms with Crippen LogP contribution < -0.4 is 11.5 Å². The molecule has 0 radical (unpaired) electrons. The molecule has 3 aromatic heterocycles. The van der Waals surface area contributed by atoms with Gasteiger partial charge in [0.15, 0.2) is 30.1 Å². The fraction of sp³-hybridized carbons (Fsp3) is 0.455. The quantitative estimate of drug-likeness (QED) is 0.109. The second kappa shape index (κ2) is 12.5. The lowest BCUT2D eigenvalue weighted by atomic mass is 10.1. The molecule has 5 heterocycles. The van der Waals surface area contributed by atoms with E-state index < -0.39 is 76.9 Å². The second-order valence-corrected chi connectivity index (χ2v) is 14.3. The minimum absolute atomic E-state index is 0.0127. The summed E-state index contributed by atoms with van der Waals surface area (Å²) in [5, 5.41) is 7.81. The van der Waals surface area contributed by atoms with Crippen molar-refractivity contribution in [1.82, 2.24) is 34.5 Å². The third-order valence-electron chi connectivity index (χ3n) is 7.15. The summed E-state index contributed by atoms with van der Waals surface area (Å²) in [6.45, 7) is -5.94. The van der Waals surface area contributed by atoms with Crippen LogP contribution >= 0.6 is 26.9 Å². The van der Waals surface area contributed by atoms with Crippen molar-refractivity contribution in [1.29, 1.82) is 0 Å². The zero-order chi connectivity index (χ0) is 33.0. The normalized spacial score (nSPS) is 28.2. The molecule has 0 spiro atoms. The van der Waals surface area contributed by atoms with Crippen LogP contribution in [-0.2, 0) is 32.2 Å². The molecule has 19 nitrogen and oxygen atoms in total. The smallest absolute Gasteiger partial charge is 0.382 e. The molecule has 24 heteroatoms. The highest BCUT2D eigenvalue weighted by Crippen LogP contribution is 2.57. The molecule has 0 aliphatic carbocycles. The number of amides is 1. The molecule has 0 bridgehead atoms. The average molecular weight is 708 g/mol. The van der Waals surface area contributed by atoms with Gasteiger partial charge in [-0.15, -0.1) is 5.10 Å². The first-order valence-corrected chi connectivity index (χ1v) is 17.5. The molecule has 248 valence electrons. The van der Waals surface area contributed by atoms with Gasteiger partial charge < -0.3 is 30.7 Å². The molecular formula is C22H25F2N9O10P2S.